The first-order chi connectivity index (χ1) is 11.0. The molecule has 1 atom stereocenters. The van der Waals surface area contributed by atoms with Crippen LogP contribution < -0.4 is 7.06 Å². The van der Waals surface area contributed by atoms with Gasteiger partial charge >= 0.3 is 148 Å². The molecule has 3 N–H and O–H groups in total. The average molecular weight is 492 g/mol. The Labute approximate surface area is 147 Å². The van der Waals surface area contributed by atoms with E-state index < -0.39 is 71.8 Å². The van der Waals surface area contributed by atoms with Crippen LogP contribution >= 0.6 is 20.4 Å². The van der Waals surface area contributed by atoms with E-state index in [4.69, 9.17) is 0 Å². The van der Waals surface area contributed by atoms with Gasteiger partial charge in [0.25, 0.3) is 0 Å². The number of nitrogens with one attached hydrogen (secondary N) is 2. The third-order valence-electron chi connectivity index (χ3n) is 4.30. The summed E-state index contributed by atoms with van der Waals surface area (Å²) in [6, 6.07) is 0. The Morgan fingerprint density at radius 1 is 1.12 bits per heavy atom. The van der Waals surface area contributed by atoms with E-state index >= 15 is 0 Å². The second kappa shape index (κ2) is 5.83. The van der Waals surface area contributed by atoms with Gasteiger partial charge in [-0.2, -0.15) is 0 Å². The fourth-order valence-electron chi connectivity index (χ4n) is 2.37. The molecule has 0 aromatic carbocycles. The fourth-order valence-corrected chi connectivity index (χ4v) is 7.94. The average Bonchev–Trinajstić information content (AvgIpc) is 3.21. The number of carbonyl (C=O) groups excluding carboxylic acids is 1. The molecule has 2 aliphatic heterocycles. The molecule has 1 unspecified atom stereocenters. The van der Waals surface area contributed by atoms with Crippen molar-refractivity contribution >= 4 is 26.3 Å². The zero-order chi connectivity index (χ0) is 19.6. The van der Waals surface area contributed by atoms with Crippen molar-refractivity contribution in [2.24, 2.45) is 11.3 Å². The zero-order valence-corrected chi connectivity index (χ0v) is 15.9. The molecule has 0 amide bonds. The van der Waals surface area contributed by atoms with Crippen molar-refractivity contribution in [3.05, 3.63) is 0 Å². The van der Waals surface area contributed by atoms with Crippen LogP contribution in [0.15, 0.2) is 0 Å². The first kappa shape index (κ1) is 21.0. The van der Waals surface area contributed by atoms with Crippen LogP contribution in [0.1, 0.15) is 34.1 Å². The Morgan fingerprint density at radius 3 is 1.80 bits per heavy atom. The van der Waals surface area contributed by atoms with E-state index in [9.17, 15) is 36.2 Å². The standard InChI is InChI=1S/C13H19F6IN2O3/c1-6(2)5-7(10(24,11(14,15)16)12(17,18)19)25-8(23)9(3,4)13-20(21-13)22-13/h6-7,21-22,24H,5H2,1-4H3. The van der Waals surface area contributed by atoms with Crippen LogP contribution in [-0.4, -0.2) is 38.8 Å². The molecule has 2 heterocycles. The molecule has 0 aliphatic carbocycles. The summed E-state index contributed by atoms with van der Waals surface area (Å²) in [6.07, 6.45) is -15.7. The number of hydrogen-bond donors (Lipinski definition) is 3. The molecule has 148 valence electrons. The molecule has 25 heavy (non-hydrogen) atoms. The molecule has 2 fully saturated rings. The van der Waals surface area contributed by atoms with Crippen LogP contribution in [0.2, 0.25) is 0 Å². The number of hydrogen-bond acceptors (Lipinski definition) is 5. The van der Waals surface area contributed by atoms with Crippen molar-refractivity contribution in [3.8, 4) is 0 Å². The van der Waals surface area contributed by atoms with E-state index in [1.54, 1.807) is 0 Å². The van der Waals surface area contributed by atoms with Crippen LogP contribution in [0.4, 0.5) is 26.3 Å². The minimum absolute atomic E-state index is 0.684. The van der Waals surface area contributed by atoms with E-state index in [-0.39, 0.29) is 0 Å². The van der Waals surface area contributed by atoms with Gasteiger partial charge in [0.2, 0.25) is 0 Å². The molecule has 0 spiro atoms. The molecule has 2 saturated heterocycles. The molecule has 0 bridgehead atoms. The molecule has 2 aliphatic rings. The summed E-state index contributed by atoms with van der Waals surface area (Å²) in [5, 5.41) is 9.59. The van der Waals surface area contributed by atoms with Gasteiger partial charge in [-0.1, -0.05) is 0 Å². The fraction of sp³-hybridized carbons (Fsp3) is 0.923. The van der Waals surface area contributed by atoms with E-state index in [1.807, 2.05) is 0 Å². The van der Waals surface area contributed by atoms with Crippen molar-refractivity contribution in [3.63, 3.8) is 0 Å². The molecule has 2 rings (SSSR count). The molecule has 5 nitrogen and oxygen atoms in total. The van der Waals surface area contributed by atoms with Gasteiger partial charge in [-0.25, -0.2) is 0 Å². The normalized spacial score (nSPS) is 22.5. The maximum atomic E-state index is 13.1. The summed E-state index contributed by atoms with van der Waals surface area (Å²) in [4.78, 5) is 12.3. The van der Waals surface area contributed by atoms with E-state index in [0.717, 1.165) is 0 Å². The van der Waals surface area contributed by atoms with Gasteiger partial charge in [0.15, 0.2) is 0 Å². The Bertz CT molecular complexity index is 543. The van der Waals surface area contributed by atoms with Gasteiger partial charge in [-0.15, -0.1) is 0 Å². The van der Waals surface area contributed by atoms with Crippen LogP contribution in [0.25, 0.3) is 0 Å². The number of fused-ring (bicyclic) bond motifs is 1. The van der Waals surface area contributed by atoms with Gasteiger partial charge in [0.1, 0.15) is 0 Å². The summed E-state index contributed by atoms with van der Waals surface area (Å²) >= 11 is -1.70. The van der Waals surface area contributed by atoms with Crippen LogP contribution in [0.3, 0.4) is 0 Å². The Hall–Kier alpha value is -0.340. The Balaban J connectivity index is 2.33. The maximum absolute atomic E-state index is 13.1. The van der Waals surface area contributed by atoms with E-state index in [1.165, 1.54) is 27.7 Å². The molecule has 12 heteroatoms. The molecule has 0 saturated carbocycles. The van der Waals surface area contributed by atoms with Crippen molar-refractivity contribution in [2.75, 3.05) is 0 Å². The van der Waals surface area contributed by atoms with Gasteiger partial charge in [-0.3, -0.25) is 0 Å². The third kappa shape index (κ3) is 3.23. The zero-order valence-electron chi connectivity index (χ0n) is 13.8. The minimum atomic E-state index is -6.05. The number of carbonyl (C=O) groups is 1. The van der Waals surface area contributed by atoms with Crippen molar-refractivity contribution in [1.82, 2.24) is 7.06 Å². The monoisotopic (exact) mass is 492 g/mol. The first-order valence-electron chi connectivity index (χ1n) is 7.33. The summed E-state index contributed by atoms with van der Waals surface area (Å²) in [5.74, 6) is -1.90. The predicted octanol–water partition coefficient (Wildman–Crippen LogP) is 3.02. The number of alkyl halides is 7. The number of rotatable bonds is 6. The quantitative estimate of drug-likeness (QED) is 0.101. The second-order valence-electron chi connectivity index (χ2n) is 7.04. The number of aliphatic hydroxyl groups is 1. The second-order valence-corrected chi connectivity index (χ2v) is 11.4. The van der Waals surface area contributed by atoms with Gasteiger partial charge in [0.05, 0.1) is 0 Å². The molecular formula is C13H19F6IN2O3. The van der Waals surface area contributed by atoms with Crippen molar-refractivity contribution in [2.45, 2.75) is 61.8 Å². The number of halogens is 7. The van der Waals surface area contributed by atoms with Crippen molar-refractivity contribution < 1.29 is 41.0 Å². The van der Waals surface area contributed by atoms with Crippen molar-refractivity contribution in [1.29, 1.82) is 0 Å². The third-order valence-corrected chi connectivity index (χ3v) is 9.42. The van der Waals surface area contributed by atoms with Gasteiger partial charge in [0, 0.05) is 0 Å². The molecule has 0 aromatic heterocycles. The molecular weight excluding hydrogens is 473 g/mol. The number of ether oxygens (including phenoxy) is 1. The van der Waals surface area contributed by atoms with Crippen LogP contribution in [0, 0.1) is 11.3 Å². The summed E-state index contributed by atoms with van der Waals surface area (Å²) < 4.78 is 88.6. The van der Waals surface area contributed by atoms with Crippen LogP contribution in [-0.2, 0) is 9.53 Å². The number of esters is 1. The van der Waals surface area contributed by atoms with Gasteiger partial charge in [-0.05, 0) is 0 Å². The first-order valence-corrected chi connectivity index (χ1v) is 10.6. The predicted molar refractivity (Wildman–Crippen MR) is 83.2 cm³/mol. The SMILES string of the molecule is CC(C)CC(OC(=O)C(C)(C)C12NI1N2)C(O)(C(F)(F)F)C(F)(F)F. The Kier molecular flexibility index (Phi) is 4.89. The Morgan fingerprint density at radius 2 is 1.52 bits per heavy atom. The van der Waals surface area contributed by atoms with Gasteiger partial charge < -0.3 is 0 Å². The molecule has 0 aromatic rings. The summed E-state index contributed by atoms with van der Waals surface area (Å²) in [7, 11) is 0. The topological polar surface area (TPSA) is 90.4 Å². The summed E-state index contributed by atoms with van der Waals surface area (Å²) in [5.41, 5.74) is -6.48. The molecule has 0 radical (unpaired) electrons. The van der Waals surface area contributed by atoms with Crippen LogP contribution in [0.5, 0.6) is 0 Å². The van der Waals surface area contributed by atoms with E-state index in [2.05, 4.69) is 11.8 Å². The van der Waals surface area contributed by atoms with E-state index in [0.29, 0.717) is 0 Å². The summed E-state index contributed by atoms with van der Waals surface area (Å²) in [6.45, 7) is 5.50.